The van der Waals surface area contributed by atoms with Gasteiger partial charge in [0.15, 0.2) is 0 Å². The molecule has 1 aromatic rings. The number of rotatable bonds is 3. The molecule has 1 saturated carbocycles. The third-order valence-corrected chi connectivity index (χ3v) is 5.92. The largest absolute Gasteiger partial charge is 0.366 e. The SMILES string of the molecule is CC(C)c1ncc(N2CCN(C3CC4(C3)CN(C)C4)CC2)cn1. The van der Waals surface area contributed by atoms with Crippen molar-refractivity contribution in [3.8, 4) is 0 Å². The highest BCUT2D eigenvalue weighted by atomic mass is 15.3. The van der Waals surface area contributed by atoms with Crippen LogP contribution in [-0.2, 0) is 0 Å². The maximum atomic E-state index is 4.51. The normalized spacial score (nSPS) is 25.7. The first-order chi connectivity index (χ1) is 11.0. The molecule has 3 aliphatic rings. The van der Waals surface area contributed by atoms with E-state index in [0.29, 0.717) is 11.3 Å². The van der Waals surface area contributed by atoms with Crippen LogP contribution in [0, 0.1) is 5.41 Å². The van der Waals surface area contributed by atoms with Crippen molar-refractivity contribution in [3.63, 3.8) is 0 Å². The molecular formula is C18H29N5. The highest BCUT2D eigenvalue weighted by Crippen LogP contribution is 2.49. The Hall–Kier alpha value is -1.20. The van der Waals surface area contributed by atoms with Gasteiger partial charge in [0.1, 0.15) is 5.82 Å². The fraction of sp³-hybridized carbons (Fsp3) is 0.778. The van der Waals surface area contributed by atoms with Crippen LogP contribution in [0.15, 0.2) is 12.4 Å². The van der Waals surface area contributed by atoms with Gasteiger partial charge in [-0.3, -0.25) is 4.90 Å². The zero-order valence-corrected chi connectivity index (χ0v) is 14.7. The Morgan fingerprint density at radius 2 is 1.65 bits per heavy atom. The first-order valence-corrected chi connectivity index (χ1v) is 9.04. The second kappa shape index (κ2) is 5.71. The smallest absolute Gasteiger partial charge is 0.130 e. The van der Waals surface area contributed by atoms with Crippen molar-refractivity contribution in [2.75, 3.05) is 51.2 Å². The standard InChI is InChI=1S/C18H29N5/c1-14(2)17-19-10-16(11-20-17)23-6-4-22(5-7-23)15-8-18(9-15)12-21(3)13-18/h10-11,14-15H,4-9,12-13H2,1-3H3. The van der Waals surface area contributed by atoms with Gasteiger partial charge in [-0.25, -0.2) is 9.97 Å². The van der Waals surface area contributed by atoms with Gasteiger partial charge < -0.3 is 9.80 Å². The highest BCUT2D eigenvalue weighted by Gasteiger charge is 2.52. The Kier molecular flexibility index (Phi) is 3.81. The molecule has 23 heavy (non-hydrogen) atoms. The Balaban J connectivity index is 1.28. The van der Waals surface area contributed by atoms with Crippen LogP contribution in [0.3, 0.4) is 0 Å². The number of likely N-dealkylation sites (tertiary alicyclic amines) is 1. The molecule has 1 aliphatic carbocycles. The van der Waals surface area contributed by atoms with Gasteiger partial charge in [-0.15, -0.1) is 0 Å². The molecule has 0 unspecified atom stereocenters. The van der Waals surface area contributed by atoms with Crippen LogP contribution >= 0.6 is 0 Å². The average molecular weight is 315 g/mol. The lowest BCUT2D eigenvalue weighted by Gasteiger charge is -2.61. The van der Waals surface area contributed by atoms with Crippen LogP contribution < -0.4 is 4.90 Å². The summed E-state index contributed by atoms with van der Waals surface area (Å²) in [6, 6.07) is 0.838. The minimum Gasteiger partial charge on any atom is -0.366 e. The van der Waals surface area contributed by atoms with E-state index < -0.39 is 0 Å². The molecule has 0 N–H and O–H groups in total. The van der Waals surface area contributed by atoms with Gasteiger partial charge in [-0.05, 0) is 25.3 Å². The van der Waals surface area contributed by atoms with E-state index in [-0.39, 0.29) is 0 Å². The number of aromatic nitrogens is 2. The van der Waals surface area contributed by atoms with Crippen molar-refractivity contribution >= 4 is 5.69 Å². The molecule has 0 atom stereocenters. The molecule has 3 fully saturated rings. The van der Waals surface area contributed by atoms with Gasteiger partial charge in [-0.1, -0.05) is 13.8 Å². The van der Waals surface area contributed by atoms with E-state index in [1.54, 1.807) is 0 Å². The molecular weight excluding hydrogens is 286 g/mol. The quantitative estimate of drug-likeness (QED) is 0.850. The molecule has 4 rings (SSSR count). The van der Waals surface area contributed by atoms with Crippen molar-refractivity contribution in [3.05, 3.63) is 18.2 Å². The summed E-state index contributed by atoms with van der Waals surface area (Å²) in [5.74, 6) is 1.34. The van der Waals surface area contributed by atoms with E-state index in [9.17, 15) is 0 Å². The number of hydrogen-bond acceptors (Lipinski definition) is 5. The zero-order chi connectivity index (χ0) is 16.0. The van der Waals surface area contributed by atoms with E-state index in [4.69, 9.17) is 0 Å². The molecule has 1 spiro atoms. The molecule has 3 heterocycles. The van der Waals surface area contributed by atoms with Crippen molar-refractivity contribution < 1.29 is 0 Å². The molecule has 2 aliphatic heterocycles. The van der Waals surface area contributed by atoms with Crippen molar-refractivity contribution in [1.82, 2.24) is 19.8 Å². The molecule has 0 aromatic carbocycles. The average Bonchev–Trinajstić information content (AvgIpc) is 2.50. The first kappa shape index (κ1) is 15.3. The highest BCUT2D eigenvalue weighted by molar-refractivity contribution is 5.42. The molecule has 5 nitrogen and oxygen atoms in total. The molecule has 0 radical (unpaired) electrons. The summed E-state index contributed by atoms with van der Waals surface area (Å²) in [7, 11) is 2.24. The van der Waals surface area contributed by atoms with Crippen LogP contribution in [0.2, 0.25) is 0 Å². The van der Waals surface area contributed by atoms with E-state index in [0.717, 1.165) is 25.0 Å². The molecule has 126 valence electrons. The lowest BCUT2D eigenvalue weighted by Crippen LogP contribution is -2.66. The topological polar surface area (TPSA) is 35.5 Å². The van der Waals surface area contributed by atoms with Crippen molar-refractivity contribution in [1.29, 1.82) is 0 Å². The summed E-state index contributed by atoms with van der Waals surface area (Å²) in [6.45, 7) is 11.5. The fourth-order valence-electron chi connectivity index (χ4n) is 4.69. The summed E-state index contributed by atoms with van der Waals surface area (Å²) >= 11 is 0. The van der Waals surface area contributed by atoms with E-state index in [1.807, 2.05) is 12.4 Å². The lowest BCUT2D eigenvalue weighted by molar-refractivity contribution is -0.0990. The number of piperazine rings is 1. The number of hydrogen-bond donors (Lipinski definition) is 0. The molecule has 1 aromatic heterocycles. The first-order valence-electron chi connectivity index (χ1n) is 9.04. The van der Waals surface area contributed by atoms with Crippen LogP contribution in [0.5, 0.6) is 0 Å². The summed E-state index contributed by atoms with van der Waals surface area (Å²) < 4.78 is 0. The summed E-state index contributed by atoms with van der Waals surface area (Å²) in [5, 5.41) is 0. The minimum absolute atomic E-state index is 0.400. The van der Waals surface area contributed by atoms with Gasteiger partial charge in [0, 0.05) is 51.2 Å². The van der Waals surface area contributed by atoms with Crippen LogP contribution in [0.1, 0.15) is 38.4 Å². The van der Waals surface area contributed by atoms with E-state index >= 15 is 0 Å². The second-order valence-electron chi connectivity index (χ2n) is 8.21. The Labute approximate surface area is 139 Å². The van der Waals surface area contributed by atoms with E-state index in [2.05, 4.69) is 45.6 Å². The monoisotopic (exact) mass is 315 g/mol. The Morgan fingerprint density at radius 3 is 2.17 bits per heavy atom. The Bertz CT molecular complexity index is 533. The second-order valence-corrected chi connectivity index (χ2v) is 8.21. The molecule has 2 saturated heterocycles. The maximum absolute atomic E-state index is 4.51. The third-order valence-electron chi connectivity index (χ3n) is 5.92. The summed E-state index contributed by atoms with van der Waals surface area (Å²) in [6.07, 6.45) is 6.84. The predicted molar refractivity (Wildman–Crippen MR) is 92.9 cm³/mol. The van der Waals surface area contributed by atoms with Gasteiger partial charge in [0.2, 0.25) is 0 Å². The molecule has 5 heteroatoms. The minimum atomic E-state index is 0.400. The van der Waals surface area contributed by atoms with Crippen molar-refractivity contribution in [2.24, 2.45) is 5.41 Å². The number of nitrogens with zero attached hydrogens (tertiary/aromatic N) is 5. The van der Waals surface area contributed by atoms with Crippen LogP contribution in [-0.4, -0.2) is 72.1 Å². The third kappa shape index (κ3) is 2.85. The van der Waals surface area contributed by atoms with Gasteiger partial charge in [-0.2, -0.15) is 0 Å². The van der Waals surface area contributed by atoms with Crippen molar-refractivity contribution in [2.45, 2.75) is 38.6 Å². The maximum Gasteiger partial charge on any atom is 0.130 e. The summed E-state index contributed by atoms with van der Waals surface area (Å²) in [5.41, 5.74) is 1.87. The van der Waals surface area contributed by atoms with E-state index in [1.165, 1.54) is 44.7 Å². The Morgan fingerprint density at radius 1 is 1.04 bits per heavy atom. The van der Waals surface area contributed by atoms with Gasteiger partial charge in [0.25, 0.3) is 0 Å². The summed E-state index contributed by atoms with van der Waals surface area (Å²) in [4.78, 5) is 16.6. The van der Waals surface area contributed by atoms with Gasteiger partial charge >= 0.3 is 0 Å². The molecule has 0 amide bonds. The van der Waals surface area contributed by atoms with Gasteiger partial charge in [0.05, 0.1) is 18.1 Å². The lowest BCUT2D eigenvalue weighted by atomic mass is 9.60. The zero-order valence-electron chi connectivity index (χ0n) is 14.7. The fourth-order valence-corrected chi connectivity index (χ4v) is 4.69. The predicted octanol–water partition coefficient (Wildman–Crippen LogP) is 1.82. The van der Waals surface area contributed by atoms with Crippen LogP contribution in [0.25, 0.3) is 0 Å². The number of anilines is 1. The van der Waals surface area contributed by atoms with Crippen LogP contribution in [0.4, 0.5) is 5.69 Å². The molecule has 0 bridgehead atoms.